The summed E-state index contributed by atoms with van der Waals surface area (Å²) in [4.78, 5) is 29.2. The fourth-order valence-electron chi connectivity index (χ4n) is 3.25. The molecule has 148 valence electrons. The van der Waals surface area contributed by atoms with Gasteiger partial charge in [-0.1, -0.05) is 0 Å². The van der Waals surface area contributed by atoms with E-state index in [2.05, 4.69) is 9.80 Å². The van der Waals surface area contributed by atoms with Crippen molar-refractivity contribution in [2.45, 2.75) is 0 Å². The molecular formula is C22H26N2O4. The Labute approximate surface area is 165 Å². The molecule has 0 saturated carbocycles. The Morgan fingerprint density at radius 1 is 0.679 bits per heavy atom. The van der Waals surface area contributed by atoms with Crippen molar-refractivity contribution in [3.63, 3.8) is 0 Å². The zero-order valence-electron chi connectivity index (χ0n) is 16.4. The predicted molar refractivity (Wildman–Crippen MR) is 108 cm³/mol. The maximum atomic E-state index is 12.4. The number of carbonyl (C=O) groups is 2. The van der Waals surface area contributed by atoms with Crippen molar-refractivity contribution in [3.8, 4) is 11.5 Å². The maximum absolute atomic E-state index is 12.4. The van der Waals surface area contributed by atoms with Gasteiger partial charge in [0.1, 0.15) is 11.5 Å². The normalized spacial score (nSPS) is 15.2. The van der Waals surface area contributed by atoms with E-state index in [4.69, 9.17) is 9.47 Å². The first-order valence-electron chi connectivity index (χ1n) is 9.38. The van der Waals surface area contributed by atoms with E-state index in [0.717, 1.165) is 37.7 Å². The van der Waals surface area contributed by atoms with Gasteiger partial charge >= 0.3 is 0 Å². The minimum Gasteiger partial charge on any atom is -0.497 e. The second-order valence-corrected chi connectivity index (χ2v) is 6.86. The van der Waals surface area contributed by atoms with E-state index in [-0.39, 0.29) is 11.6 Å². The van der Waals surface area contributed by atoms with Crippen molar-refractivity contribution in [2.75, 3.05) is 53.5 Å². The lowest BCUT2D eigenvalue weighted by atomic mass is 10.1. The molecule has 1 fully saturated rings. The summed E-state index contributed by atoms with van der Waals surface area (Å²) in [5.74, 6) is 1.69. The summed E-state index contributed by atoms with van der Waals surface area (Å²) in [5.41, 5.74) is 1.39. The van der Waals surface area contributed by atoms with E-state index in [9.17, 15) is 9.59 Å². The summed E-state index contributed by atoms with van der Waals surface area (Å²) in [5, 5.41) is 0. The number of piperazine rings is 1. The highest BCUT2D eigenvalue weighted by molar-refractivity contribution is 5.98. The number of methoxy groups -OCH3 is 2. The number of nitrogens with zero attached hydrogens (tertiary/aromatic N) is 2. The van der Waals surface area contributed by atoms with Crippen molar-refractivity contribution in [1.29, 1.82) is 0 Å². The Morgan fingerprint density at radius 3 is 1.29 bits per heavy atom. The number of ether oxygens (including phenoxy) is 2. The summed E-state index contributed by atoms with van der Waals surface area (Å²) in [6.07, 6.45) is 0. The standard InChI is InChI=1S/C22H26N2O4/c1-27-19-7-3-17(4-8-19)21(25)15-23-11-13-24(14-12-23)16-22(26)18-5-9-20(28-2)10-6-18/h3-10H,11-16H2,1-2H3. The van der Waals surface area contributed by atoms with Gasteiger partial charge in [-0.3, -0.25) is 19.4 Å². The van der Waals surface area contributed by atoms with Gasteiger partial charge in [0.05, 0.1) is 27.3 Å². The van der Waals surface area contributed by atoms with Crippen LogP contribution < -0.4 is 9.47 Å². The topological polar surface area (TPSA) is 59.1 Å². The minimum absolute atomic E-state index is 0.102. The van der Waals surface area contributed by atoms with Crippen molar-refractivity contribution in [1.82, 2.24) is 9.80 Å². The van der Waals surface area contributed by atoms with Crippen molar-refractivity contribution in [3.05, 3.63) is 59.7 Å². The first-order valence-corrected chi connectivity index (χ1v) is 9.38. The fraction of sp³-hybridized carbons (Fsp3) is 0.364. The lowest BCUT2D eigenvalue weighted by Crippen LogP contribution is -2.49. The minimum atomic E-state index is 0.102. The molecule has 1 aliphatic heterocycles. The molecular weight excluding hydrogens is 356 g/mol. The first-order chi connectivity index (χ1) is 13.6. The SMILES string of the molecule is COc1ccc(C(=O)CN2CCN(CC(=O)c3ccc(OC)cc3)CC2)cc1. The third-order valence-corrected chi connectivity index (χ3v) is 5.02. The van der Waals surface area contributed by atoms with Gasteiger partial charge in [0.2, 0.25) is 0 Å². The van der Waals surface area contributed by atoms with E-state index in [0.29, 0.717) is 24.2 Å². The molecule has 1 saturated heterocycles. The fourth-order valence-corrected chi connectivity index (χ4v) is 3.25. The maximum Gasteiger partial charge on any atom is 0.176 e. The Hall–Kier alpha value is -2.70. The summed E-state index contributed by atoms with van der Waals surface area (Å²) in [6, 6.07) is 14.4. The van der Waals surface area contributed by atoms with Gasteiger partial charge in [-0.25, -0.2) is 0 Å². The molecule has 1 aliphatic rings. The molecule has 0 atom stereocenters. The van der Waals surface area contributed by atoms with Crippen LogP contribution in [-0.4, -0.2) is 74.9 Å². The van der Waals surface area contributed by atoms with E-state index in [1.807, 2.05) is 0 Å². The van der Waals surface area contributed by atoms with Gasteiger partial charge in [-0.2, -0.15) is 0 Å². The van der Waals surface area contributed by atoms with Crippen LogP contribution in [0.25, 0.3) is 0 Å². The van der Waals surface area contributed by atoms with Crippen LogP contribution in [0.1, 0.15) is 20.7 Å². The van der Waals surface area contributed by atoms with Crippen LogP contribution in [0.4, 0.5) is 0 Å². The molecule has 0 aliphatic carbocycles. The zero-order chi connectivity index (χ0) is 19.9. The molecule has 2 aromatic rings. The average Bonchev–Trinajstić information content (AvgIpc) is 2.75. The summed E-state index contributed by atoms with van der Waals surface area (Å²) in [7, 11) is 3.21. The molecule has 0 spiro atoms. The molecule has 2 aromatic carbocycles. The molecule has 0 bridgehead atoms. The third kappa shape index (κ3) is 5.18. The van der Waals surface area contributed by atoms with Gasteiger partial charge in [0.25, 0.3) is 0 Å². The Bertz CT molecular complexity index is 725. The van der Waals surface area contributed by atoms with Gasteiger partial charge in [-0.05, 0) is 48.5 Å². The molecule has 0 aromatic heterocycles. The molecule has 0 amide bonds. The molecule has 3 rings (SSSR count). The van der Waals surface area contributed by atoms with E-state index in [1.165, 1.54) is 0 Å². The zero-order valence-corrected chi connectivity index (χ0v) is 16.4. The summed E-state index contributed by atoms with van der Waals surface area (Å²) < 4.78 is 10.2. The average molecular weight is 382 g/mol. The second kappa shape index (κ2) is 9.48. The number of rotatable bonds is 8. The number of benzene rings is 2. The number of carbonyl (C=O) groups excluding carboxylic acids is 2. The van der Waals surface area contributed by atoms with Crippen LogP contribution in [0.5, 0.6) is 11.5 Å². The molecule has 28 heavy (non-hydrogen) atoms. The number of ketones is 2. The number of hydrogen-bond donors (Lipinski definition) is 0. The van der Waals surface area contributed by atoms with Gasteiger partial charge < -0.3 is 9.47 Å². The summed E-state index contributed by atoms with van der Waals surface area (Å²) >= 11 is 0. The van der Waals surface area contributed by atoms with Gasteiger partial charge in [0, 0.05) is 37.3 Å². The predicted octanol–water partition coefficient (Wildman–Crippen LogP) is 2.39. The first kappa shape index (κ1) is 20.0. The Balaban J connectivity index is 1.45. The van der Waals surface area contributed by atoms with Crippen LogP contribution in [0.2, 0.25) is 0 Å². The van der Waals surface area contributed by atoms with Crippen molar-refractivity contribution >= 4 is 11.6 Å². The van der Waals surface area contributed by atoms with E-state index < -0.39 is 0 Å². The molecule has 0 unspecified atom stereocenters. The van der Waals surface area contributed by atoms with E-state index >= 15 is 0 Å². The van der Waals surface area contributed by atoms with Crippen LogP contribution >= 0.6 is 0 Å². The van der Waals surface area contributed by atoms with Crippen LogP contribution in [0.15, 0.2) is 48.5 Å². The quantitative estimate of drug-likeness (QED) is 0.654. The van der Waals surface area contributed by atoms with Crippen LogP contribution in [0, 0.1) is 0 Å². The molecule has 6 heteroatoms. The highest BCUT2D eigenvalue weighted by atomic mass is 16.5. The molecule has 0 radical (unpaired) electrons. The monoisotopic (exact) mass is 382 g/mol. The highest BCUT2D eigenvalue weighted by Crippen LogP contribution is 2.14. The van der Waals surface area contributed by atoms with E-state index in [1.54, 1.807) is 62.8 Å². The molecule has 6 nitrogen and oxygen atoms in total. The van der Waals surface area contributed by atoms with Crippen molar-refractivity contribution < 1.29 is 19.1 Å². The lowest BCUT2D eigenvalue weighted by molar-refractivity contribution is 0.0783. The smallest absolute Gasteiger partial charge is 0.176 e. The largest absolute Gasteiger partial charge is 0.497 e. The number of hydrogen-bond acceptors (Lipinski definition) is 6. The Kier molecular flexibility index (Phi) is 6.79. The highest BCUT2D eigenvalue weighted by Gasteiger charge is 2.21. The molecule has 1 heterocycles. The van der Waals surface area contributed by atoms with Gasteiger partial charge in [0.15, 0.2) is 11.6 Å². The second-order valence-electron chi connectivity index (χ2n) is 6.86. The molecule has 0 N–H and O–H groups in total. The van der Waals surface area contributed by atoms with Crippen LogP contribution in [-0.2, 0) is 0 Å². The summed E-state index contributed by atoms with van der Waals surface area (Å²) in [6.45, 7) is 3.89. The van der Waals surface area contributed by atoms with Gasteiger partial charge in [-0.15, -0.1) is 0 Å². The third-order valence-electron chi connectivity index (χ3n) is 5.02. The van der Waals surface area contributed by atoms with Crippen molar-refractivity contribution in [2.24, 2.45) is 0 Å². The Morgan fingerprint density at radius 2 is 1.00 bits per heavy atom. The number of Topliss-reactive ketones (excluding diaryl/α,β-unsaturated/α-hetero) is 2. The van der Waals surface area contributed by atoms with Crippen LogP contribution in [0.3, 0.4) is 0 Å². The lowest BCUT2D eigenvalue weighted by Gasteiger charge is -2.33.